The highest BCUT2D eigenvalue weighted by atomic mass is 16.5. The van der Waals surface area contributed by atoms with Crippen LogP contribution in [0.3, 0.4) is 0 Å². The van der Waals surface area contributed by atoms with Gasteiger partial charge >= 0.3 is 0 Å². The lowest BCUT2D eigenvalue weighted by atomic mass is 10.1. The fraction of sp³-hybridized carbons (Fsp3) is 0.900. The van der Waals surface area contributed by atoms with E-state index in [1.54, 1.807) is 0 Å². The van der Waals surface area contributed by atoms with Crippen molar-refractivity contribution in [2.24, 2.45) is 10.9 Å². The van der Waals surface area contributed by atoms with Gasteiger partial charge in [0.25, 0.3) is 0 Å². The van der Waals surface area contributed by atoms with E-state index in [0.29, 0.717) is 12.5 Å². The Morgan fingerprint density at radius 3 is 3.13 bits per heavy atom. The summed E-state index contributed by atoms with van der Waals surface area (Å²) >= 11 is 0. The van der Waals surface area contributed by atoms with Gasteiger partial charge in [-0.2, -0.15) is 0 Å². The van der Waals surface area contributed by atoms with Crippen molar-refractivity contribution in [3.63, 3.8) is 0 Å². The number of nitrogens with two attached hydrogens (primary N) is 1. The number of rotatable bonds is 6. The van der Waals surface area contributed by atoms with Gasteiger partial charge in [-0.25, -0.2) is 0 Å². The second kappa shape index (κ2) is 6.63. The molecule has 0 bridgehead atoms. The monoisotopic (exact) mass is 215 g/mol. The van der Waals surface area contributed by atoms with Crippen LogP contribution >= 0.6 is 0 Å². The van der Waals surface area contributed by atoms with E-state index in [2.05, 4.69) is 10.5 Å². The first-order valence-electron chi connectivity index (χ1n) is 5.53. The molecule has 1 saturated heterocycles. The number of amidine groups is 1. The van der Waals surface area contributed by atoms with Crippen LogP contribution in [-0.4, -0.2) is 36.3 Å². The van der Waals surface area contributed by atoms with Crippen molar-refractivity contribution in [2.75, 3.05) is 13.2 Å². The van der Waals surface area contributed by atoms with E-state index in [-0.39, 0.29) is 11.9 Å². The van der Waals surface area contributed by atoms with Crippen LogP contribution in [0.4, 0.5) is 0 Å². The van der Waals surface area contributed by atoms with Crippen LogP contribution in [0.2, 0.25) is 0 Å². The molecule has 0 aromatic carbocycles. The second-order valence-corrected chi connectivity index (χ2v) is 4.07. The normalized spacial score (nSPS) is 24.3. The molecule has 0 radical (unpaired) electrons. The minimum Gasteiger partial charge on any atom is -0.409 e. The molecular weight excluding hydrogens is 194 g/mol. The predicted molar refractivity (Wildman–Crippen MR) is 59.1 cm³/mol. The summed E-state index contributed by atoms with van der Waals surface area (Å²) in [5.74, 6) is 0.270. The molecule has 1 rings (SSSR count). The lowest BCUT2D eigenvalue weighted by Crippen LogP contribution is -2.33. The molecule has 2 unspecified atom stereocenters. The Kier molecular flexibility index (Phi) is 5.42. The van der Waals surface area contributed by atoms with Crippen molar-refractivity contribution in [1.82, 2.24) is 5.32 Å². The van der Waals surface area contributed by atoms with Crippen LogP contribution < -0.4 is 11.1 Å². The van der Waals surface area contributed by atoms with Crippen LogP contribution in [0.15, 0.2) is 5.16 Å². The van der Waals surface area contributed by atoms with Gasteiger partial charge in [-0.05, 0) is 32.7 Å². The summed E-state index contributed by atoms with van der Waals surface area (Å²) in [6.45, 7) is 3.85. The average molecular weight is 215 g/mol. The van der Waals surface area contributed by atoms with Crippen LogP contribution in [0.1, 0.15) is 32.6 Å². The Bertz CT molecular complexity index is 203. The van der Waals surface area contributed by atoms with Crippen LogP contribution in [0, 0.1) is 0 Å². The number of nitrogens with one attached hydrogen (secondary N) is 1. The number of hydrogen-bond donors (Lipinski definition) is 3. The first-order valence-corrected chi connectivity index (χ1v) is 5.53. The van der Waals surface area contributed by atoms with Gasteiger partial charge in [0.2, 0.25) is 0 Å². The van der Waals surface area contributed by atoms with Crippen LogP contribution in [-0.2, 0) is 4.74 Å². The number of hydrogen-bond acceptors (Lipinski definition) is 4. The molecule has 0 aliphatic carbocycles. The first kappa shape index (κ1) is 12.3. The summed E-state index contributed by atoms with van der Waals surface area (Å²) in [5, 5.41) is 14.7. The summed E-state index contributed by atoms with van der Waals surface area (Å²) in [4.78, 5) is 0. The third-order valence-electron chi connectivity index (χ3n) is 2.63. The zero-order valence-corrected chi connectivity index (χ0v) is 9.28. The Labute approximate surface area is 90.7 Å². The fourth-order valence-electron chi connectivity index (χ4n) is 1.79. The maximum absolute atomic E-state index is 8.40. The van der Waals surface area contributed by atoms with E-state index in [1.807, 2.05) is 6.92 Å². The molecule has 1 aliphatic heterocycles. The maximum atomic E-state index is 8.40. The topological polar surface area (TPSA) is 79.9 Å². The van der Waals surface area contributed by atoms with Gasteiger partial charge < -0.3 is 21.0 Å². The third-order valence-corrected chi connectivity index (χ3v) is 2.63. The maximum Gasteiger partial charge on any atom is 0.140 e. The summed E-state index contributed by atoms with van der Waals surface area (Å²) in [7, 11) is 0. The molecule has 5 heteroatoms. The lowest BCUT2D eigenvalue weighted by Gasteiger charge is -2.14. The molecule has 0 aromatic heterocycles. The molecule has 15 heavy (non-hydrogen) atoms. The summed E-state index contributed by atoms with van der Waals surface area (Å²) in [6.07, 6.45) is 4.40. The summed E-state index contributed by atoms with van der Waals surface area (Å²) in [5.41, 5.74) is 5.40. The molecule has 1 heterocycles. The second-order valence-electron chi connectivity index (χ2n) is 4.07. The predicted octanol–water partition coefficient (Wildman–Crippen LogP) is 0.670. The smallest absolute Gasteiger partial charge is 0.140 e. The van der Waals surface area contributed by atoms with E-state index in [1.165, 1.54) is 12.8 Å². The standard InChI is InChI=1S/C10H21N3O2/c1-8(7-10(11)13-14)12-5-4-9-3-2-6-15-9/h8-9,12,14H,2-7H2,1H3,(H2,11,13). The first-order chi connectivity index (χ1) is 7.22. The number of oxime groups is 1. The molecule has 2 atom stereocenters. The van der Waals surface area contributed by atoms with E-state index < -0.39 is 0 Å². The molecule has 5 nitrogen and oxygen atoms in total. The minimum atomic E-state index is 0.238. The van der Waals surface area contributed by atoms with Crippen molar-refractivity contribution in [3.05, 3.63) is 0 Å². The van der Waals surface area contributed by atoms with Gasteiger partial charge in [0.05, 0.1) is 6.10 Å². The molecule has 88 valence electrons. The Balaban J connectivity index is 2.03. The van der Waals surface area contributed by atoms with Gasteiger partial charge in [0.15, 0.2) is 0 Å². The molecule has 1 fully saturated rings. The number of nitrogens with zero attached hydrogens (tertiary/aromatic N) is 1. The largest absolute Gasteiger partial charge is 0.409 e. The van der Waals surface area contributed by atoms with E-state index in [0.717, 1.165) is 19.6 Å². The van der Waals surface area contributed by atoms with Crippen molar-refractivity contribution < 1.29 is 9.94 Å². The number of ether oxygens (including phenoxy) is 1. The summed E-state index contributed by atoms with van der Waals surface area (Å²) in [6, 6.07) is 0.238. The molecule has 1 aliphatic rings. The molecule has 4 N–H and O–H groups in total. The lowest BCUT2D eigenvalue weighted by molar-refractivity contribution is 0.104. The zero-order chi connectivity index (χ0) is 11.1. The highest BCUT2D eigenvalue weighted by molar-refractivity contribution is 5.80. The quantitative estimate of drug-likeness (QED) is 0.263. The van der Waals surface area contributed by atoms with Crippen molar-refractivity contribution in [3.8, 4) is 0 Å². The Morgan fingerprint density at radius 2 is 2.53 bits per heavy atom. The SMILES string of the molecule is CC(CC(N)=NO)NCCC1CCCO1. The molecule has 0 spiro atoms. The fourth-order valence-corrected chi connectivity index (χ4v) is 1.79. The van der Waals surface area contributed by atoms with Gasteiger partial charge in [0.1, 0.15) is 5.84 Å². The van der Waals surface area contributed by atoms with E-state index in [4.69, 9.17) is 15.7 Å². The van der Waals surface area contributed by atoms with Crippen molar-refractivity contribution in [1.29, 1.82) is 0 Å². The Hall–Kier alpha value is -0.810. The average Bonchev–Trinajstić information content (AvgIpc) is 2.70. The van der Waals surface area contributed by atoms with Crippen LogP contribution in [0.25, 0.3) is 0 Å². The van der Waals surface area contributed by atoms with Gasteiger partial charge in [-0.1, -0.05) is 5.16 Å². The third kappa shape index (κ3) is 4.99. The summed E-state index contributed by atoms with van der Waals surface area (Å²) < 4.78 is 5.51. The van der Waals surface area contributed by atoms with Gasteiger partial charge in [0, 0.05) is 19.1 Å². The van der Waals surface area contributed by atoms with Crippen LogP contribution in [0.5, 0.6) is 0 Å². The van der Waals surface area contributed by atoms with E-state index in [9.17, 15) is 0 Å². The van der Waals surface area contributed by atoms with Crippen molar-refractivity contribution in [2.45, 2.75) is 44.8 Å². The minimum absolute atomic E-state index is 0.238. The molecular formula is C10H21N3O2. The van der Waals surface area contributed by atoms with Gasteiger partial charge in [-0.3, -0.25) is 0 Å². The molecule has 0 amide bonds. The van der Waals surface area contributed by atoms with E-state index >= 15 is 0 Å². The zero-order valence-electron chi connectivity index (χ0n) is 9.28. The molecule has 0 saturated carbocycles. The Morgan fingerprint density at radius 1 is 1.73 bits per heavy atom. The molecule has 0 aromatic rings. The van der Waals surface area contributed by atoms with Crippen molar-refractivity contribution >= 4 is 5.84 Å². The van der Waals surface area contributed by atoms with Gasteiger partial charge in [-0.15, -0.1) is 0 Å². The highest BCUT2D eigenvalue weighted by Crippen LogP contribution is 2.14. The highest BCUT2D eigenvalue weighted by Gasteiger charge is 2.15.